The molecule has 0 bridgehead atoms. The number of rotatable bonds is 7. The number of amides is 1. The fraction of sp³-hybridized carbons (Fsp3) is 0.353. The fourth-order valence-electron chi connectivity index (χ4n) is 2.39. The van der Waals surface area contributed by atoms with E-state index in [0.29, 0.717) is 23.6 Å². The van der Waals surface area contributed by atoms with Gasteiger partial charge in [-0.15, -0.1) is 11.3 Å². The summed E-state index contributed by atoms with van der Waals surface area (Å²) in [6.45, 7) is 2.24. The molecule has 0 aliphatic heterocycles. The van der Waals surface area contributed by atoms with Gasteiger partial charge in [0.15, 0.2) is 0 Å². The third-order valence-corrected chi connectivity index (χ3v) is 4.36. The van der Waals surface area contributed by atoms with Crippen LogP contribution in [-0.4, -0.2) is 30.8 Å². The number of benzene rings is 1. The van der Waals surface area contributed by atoms with Gasteiger partial charge in [-0.3, -0.25) is 4.79 Å². The molecule has 1 heterocycles. The molecule has 0 fully saturated rings. The van der Waals surface area contributed by atoms with Crippen LogP contribution in [0.15, 0.2) is 41.8 Å². The van der Waals surface area contributed by atoms with Gasteiger partial charge in [0.2, 0.25) is 0 Å². The molecule has 2 aromatic rings. The predicted octanol–water partition coefficient (Wildman–Crippen LogP) is 3.04. The van der Waals surface area contributed by atoms with Crippen LogP contribution in [-0.2, 0) is 0 Å². The Bertz CT molecular complexity index is 595. The number of carbonyl (C=O) groups excluding carboxylic acids is 1. The Hall–Kier alpha value is -1.85. The van der Waals surface area contributed by atoms with E-state index < -0.39 is 6.10 Å². The number of aliphatic hydroxyl groups is 1. The number of aliphatic hydroxyl groups excluding tert-OH is 1. The second kappa shape index (κ2) is 7.96. The summed E-state index contributed by atoms with van der Waals surface area (Å²) >= 11 is 1.36. The van der Waals surface area contributed by atoms with E-state index in [1.807, 2.05) is 35.7 Å². The molecule has 1 amide bonds. The molecule has 0 aliphatic carbocycles. The molecule has 2 rings (SSSR count). The SMILES string of the molecule is COc1ccsc1C(=O)NC[C@H](C[C@H](C)O)c1ccccc1. The van der Waals surface area contributed by atoms with E-state index in [1.165, 1.54) is 11.3 Å². The second-order valence-electron chi connectivity index (χ2n) is 5.22. The van der Waals surface area contributed by atoms with Crippen molar-refractivity contribution >= 4 is 17.2 Å². The van der Waals surface area contributed by atoms with Crippen molar-refractivity contribution in [3.8, 4) is 5.75 Å². The summed E-state index contributed by atoms with van der Waals surface area (Å²) in [5, 5.41) is 14.5. The van der Waals surface area contributed by atoms with Gasteiger partial charge in [-0.1, -0.05) is 30.3 Å². The molecule has 1 aromatic heterocycles. The van der Waals surface area contributed by atoms with Crippen LogP contribution in [0, 0.1) is 0 Å². The maximum absolute atomic E-state index is 12.3. The number of hydrogen-bond donors (Lipinski definition) is 2. The average Bonchev–Trinajstić information content (AvgIpc) is 3.00. The van der Waals surface area contributed by atoms with Crippen molar-refractivity contribution in [2.24, 2.45) is 0 Å². The summed E-state index contributed by atoms with van der Waals surface area (Å²) in [5.41, 5.74) is 1.11. The van der Waals surface area contributed by atoms with E-state index in [2.05, 4.69) is 5.32 Å². The first-order chi connectivity index (χ1) is 10.6. The van der Waals surface area contributed by atoms with Crippen LogP contribution in [0.25, 0.3) is 0 Å². The van der Waals surface area contributed by atoms with Gasteiger partial charge in [0.05, 0.1) is 13.2 Å². The molecule has 0 radical (unpaired) electrons. The third kappa shape index (κ3) is 4.32. The first-order valence-electron chi connectivity index (χ1n) is 7.24. The lowest BCUT2D eigenvalue weighted by Gasteiger charge is -2.19. The van der Waals surface area contributed by atoms with Crippen molar-refractivity contribution in [3.63, 3.8) is 0 Å². The molecule has 2 N–H and O–H groups in total. The zero-order valence-corrected chi connectivity index (χ0v) is 13.6. The molecule has 0 saturated heterocycles. The van der Waals surface area contributed by atoms with Gasteiger partial charge in [0, 0.05) is 12.5 Å². The number of hydrogen-bond acceptors (Lipinski definition) is 4. The molecule has 1 aromatic carbocycles. The van der Waals surface area contributed by atoms with Crippen LogP contribution >= 0.6 is 11.3 Å². The minimum atomic E-state index is -0.418. The Kier molecular flexibility index (Phi) is 5.98. The van der Waals surface area contributed by atoms with Crippen LogP contribution in [0.3, 0.4) is 0 Å². The highest BCUT2D eigenvalue weighted by atomic mass is 32.1. The second-order valence-corrected chi connectivity index (χ2v) is 6.14. The average molecular weight is 319 g/mol. The molecule has 5 heteroatoms. The molecule has 0 unspecified atom stereocenters. The predicted molar refractivity (Wildman–Crippen MR) is 88.7 cm³/mol. The zero-order chi connectivity index (χ0) is 15.9. The Morgan fingerprint density at radius 1 is 1.32 bits per heavy atom. The maximum Gasteiger partial charge on any atom is 0.265 e. The standard InChI is InChI=1S/C17H21NO3S/c1-12(19)10-14(13-6-4-3-5-7-13)11-18-17(20)16-15(21-2)8-9-22-16/h3-9,12,14,19H,10-11H2,1-2H3,(H,18,20)/t12-,14-/m0/s1. The largest absolute Gasteiger partial charge is 0.495 e. The van der Waals surface area contributed by atoms with Crippen molar-refractivity contribution in [1.82, 2.24) is 5.32 Å². The topological polar surface area (TPSA) is 58.6 Å². The minimum Gasteiger partial charge on any atom is -0.495 e. The molecule has 4 nitrogen and oxygen atoms in total. The highest BCUT2D eigenvalue weighted by Crippen LogP contribution is 2.25. The lowest BCUT2D eigenvalue weighted by atomic mass is 9.93. The Morgan fingerprint density at radius 3 is 2.68 bits per heavy atom. The lowest BCUT2D eigenvalue weighted by molar-refractivity contribution is 0.0947. The van der Waals surface area contributed by atoms with Gasteiger partial charge in [0.1, 0.15) is 10.6 Å². The van der Waals surface area contributed by atoms with Gasteiger partial charge in [-0.25, -0.2) is 0 Å². The van der Waals surface area contributed by atoms with E-state index in [0.717, 1.165) is 5.56 Å². The highest BCUT2D eigenvalue weighted by Gasteiger charge is 2.18. The van der Waals surface area contributed by atoms with E-state index in [-0.39, 0.29) is 11.8 Å². The molecule has 118 valence electrons. The quantitative estimate of drug-likeness (QED) is 0.824. The highest BCUT2D eigenvalue weighted by molar-refractivity contribution is 7.12. The van der Waals surface area contributed by atoms with Crippen molar-refractivity contribution in [2.45, 2.75) is 25.4 Å². The van der Waals surface area contributed by atoms with Crippen LogP contribution in [0.5, 0.6) is 5.75 Å². The van der Waals surface area contributed by atoms with E-state index in [4.69, 9.17) is 4.74 Å². The summed E-state index contributed by atoms with van der Waals surface area (Å²) in [6.07, 6.45) is 0.185. The number of thiophene rings is 1. The Morgan fingerprint density at radius 2 is 2.05 bits per heavy atom. The summed E-state index contributed by atoms with van der Waals surface area (Å²) in [5.74, 6) is 0.531. The zero-order valence-electron chi connectivity index (χ0n) is 12.8. The fourth-order valence-corrected chi connectivity index (χ4v) is 3.17. The van der Waals surface area contributed by atoms with Crippen LogP contribution in [0.1, 0.15) is 34.5 Å². The van der Waals surface area contributed by atoms with Crippen molar-refractivity contribution in [3.05, 3.63) is 52.2 Å². The van der Waals surface area contributed by atoms with Crippen LogP contribution < -0.4 is 10.1 Å². The monoisotopic (exact) mass is 319 g/mol. The maximum atomic E-state index is 12.3. The number of methoxy groups -OCH3 is 1. The van der Waals surface area contributed by atoms with Gasteiger partial charge in [-0.2, -0.15) is 0 Å². The summed E-state index contributed by atoms with van der Waals surface area (Å²) in [4.78, 5) is 12.8. The Labute approximate surface area is 134 Å². The molecular weight excluding hydrogens is 298 g/mol. The first kappa shape index (κ1) is 16.5. The summed E-state index contributed by atoms with van der Waals surface area (Å²) in [6, 6.07) is 11.7. The number of ether oxygens (including phenoxy) is 1. The van der Waals surface area contributed by atoms with E-state index >= 15 is 0 Å². The lowest BCUT2D eigenvalue weighted by Crippen LogP contribution is -2.29. The van der Waals surface area contributed by atoms with E-state index in [1.54, 1.807) is 20.1 Å². The normalized spacial score (nSPS) is 13.4. The van der Waals surface area contributed by atoms with Gasteiger partial charge in [0.25, 0.3) is 5.91 Å². The Balaban J connectivity index is 2.04. The van der Waals surface area contributed by atoms with Crippen LogP contribution in [0.4, 0.5) is 0 Å². The molecule has 22 heavy (non-hydrogen) atoms. The van der Waals surface area contributed by atoms with Gasteiger partial charge >= 0.3 is 0 Å². The first-order valence-corrected chi connectivity index (χ1v) is 8.12. The molecule has 0 aliphatic rings. The van der Waals surface area contributed by atoms with Crippen molar-refractivity contribution in [1.29, 1.82) is 0 Å². The number of carbonyl (C=O) groups is 1. The van der Waals surface area contributed by atoms with Crippen molar-refractivity contribution < 1.29 is 14.6 Å². The summed E-state index contributed by atoms with van der Waals surface area (Å²) in [7, 11) is 1.55. The van der Waals surface area contributed by atoms with Crippen molar-refractivity contribution in [2.75, 3.05) is 13.7 Å². The van der Waals surface area contributed by atoms with Gasteiger partial charge in [-0.05, 0) is 30.4 Å². The molecular formula is C17H21NO3S. The smallest absolute Gasteiger partial charge is 0.265 e. The third-order valence-electron chi connectivity index (χ3n) is 3.46. The number of nitrogens with one attached hydrogen (secondary N) is 1. The summed E-state index contributed by atoms with van der Waals surface area (Å²) < 4.78 is 5.17. The molecule has 0 saturated carbocycles. The molecule has 0 spiro atoms. The van der Waals surface area contributed by atoms with E-state index in [9.17, 15) is 9.90 Å². The van der Waals surface area contributed by atoms with Gasteiger partial charge < -0.3 is 15.2 Å². The molecule has 2 atom stereocenters. The minimum absolute atomic E-state index is 0.0797. The van der Waals surface area contributed by atoms with Crippen LogP contribution in [0.2, 0.25) is 0 Å².